The molecule has 4 heteroatoms. The predicted octanol–water partition coefficient (Wildman–Crippen LogP) is 0.361. The van der Waals surface area contributed by atoms with E-state index < -0.39 is 0 Å². The average Bonchev–Trinajstić information content (AvgIpc) is 2.10. The Hall–Kier alpha value is -0.610. The summed E-state index contributed by atoms with van der Waals surface area (Å²) in [4.78, 5) is 13.4. The molecule has 1 fully saturated rings. The number of rotatable bonds is 5. The minimum absolute atomic E-state index is 0.130. The predicted molar refractivity (Wildman–Crippen MR) is 54.9 cm³/mol. The number of nitrogens with zero attached hydrogens (tertiary/aromatic N) is 1. The Kier molecular flexibility index (Phi) is 4.35. The van der Waals surface area contributed by atoms with E-state index in [1.165, 1.54) is 0 Å². The number of likely N-dealkylation sites (N-methyl/N-ethyl adjacent to an activating group) is 1. The van der Waals surface area contributed by atoms with Crippen molar-refractivity contribution in [3.05, 3.63) is 0 Å². The van der Waals surface area contributed by atoms with E-state index in [4.69, 9.17) is 10.5 Å². The summed E-state index contributed by atoms with van der Waals surface area (Å²) >= 11 is 0. The number of hydrogen-bond acceptors (Lipinski definition) is 4. The Balaban J connectivity index is 2.28. The zero-order valence-corrected chi connectivity index (χ0v) is 9.03. The summed E-state index contributed by atoms with van der Waals surface area (Å²) in [5, 5.41) is 0. The quantitative estimate of drug-likeness (QED) is 0.651. The molecular formula is C10H20N2O2. The molecule has 1 saturated carbocycles. The molecule has 0 spiro atoms. The molecule has 0 radical (unpaired) electrons. The highest BCUT2D eigenvalue weighted by Gasteiger charge is 2.31. The molecule has 0 aliphatic heterocycles. The first-order valence-electron chi connectivity index (χ1n) is 5.32. The second-order valence-corrected chi connectivity index (χ2v) is 3.75. The summed E-state index contributed by atoms with van der Waals surface area (Å²) < 4.78 is 4.91. The van der Waals surface area contributed by atoms with Crippen LogP contribution in [0, 0.1) is 0 Å². The van der Waals surface area contributed by atoms with Crippen LogP contribution in [0.25, 0.3) is 0 Å². The van der Waals surface area contributed by atoms with Crippen molar-refractivity contribution in [2.75, 3.05) is 19.7 Å². The van der Waals surface area contributed by atoms with Gasteiger partial charge in [-0.3, -0.25) is 9.69 Å². The van der Waals surface area contributed by atoms with Crippen LogP contribution in [-0.4, -0.2) is 42.6 Å². The van der Waals surface area contributed by atoms with Gasteiger partial charge in [0, 0.05) is 12.1 Å². The summed E-state index contributed by atoms with van der Waals surface area (Å²) in [6, 6.07) is 0.815. The summed E-state index contributed by atoms with van der Waals surface area (Å²) in [6.07, 6.45) is 2.01. The van der Waals surface area contributed by atoms with Crippen molar-refractivity contribution < 1.29 is 9.53 Å². The smallest absolute Gasteiger partial charge is 0.320 e. The number of nitrogens with two attached hydrogens (primary N) is 1. The molecule has 1 aliphatic carbocycles. The van der Waals surface area contributed by atoms with Gasteiger partial charge in [-0.1, -0.05) is 6.92 Å². The van der Waals surface area contributed by atoms with Crippen molar-refractivity contribution in [2.45, 2.75) is 38.8 Å². The Morgan fingerprint density at radius 1 is 1.50 bits per heavy atom. The van der Waals surface area contributed by atoms with Crippen LogP contribution in [-0.2, 0) is 9.53 Å². The first-order chi connectivity index (χ1) is 6.67. The lowest BCUT2D eigenvalue weighted by atomic mass is 9.86. The molecule has 0 heterocycles. The van der Waals surface area contributed by atoms with Gasteiger partial charge in [0.1, 0.15) is 0 Å². The zero-order chi connectivity index (χ0) is 10.6. The molecule has 0 saturated heterocycles. The van der Waals surface area contributed by atoms with Gasteiger partial charge < -0.3 is 10.5 Å². The van der Waals surface area contributed by atoms with Crippen LogP contribution in [0.4, 0.5) is 0 Å². The van der Waals surface area contributed by atoms with Crippen LogP contribution in [0.3, 0.4) is 0 Å². The van der Waals surface area contributed by atoms with E-state index in [0.29, 0.717) is 25.2 Å². The second-order valence-electron chi connectivity index (χ2n) is 3.75. The van der Waals surface area contributed by atoms with Gasteiger partial charge in [-0.15, -0.1) is 0 Å². The molecule has 0 aromatic rings. The number of esters is 1. The van der Waals surface area contributed by atoms with Crippen molar-refractivity contribution in [1.29, 1.82) is 0 Å². The molecule has 2 N–H and O–H groups in total. The Bertz CT molecular complexity index is 191. The summed E-state index contributed by atoms with van der Waals surface area (Å²) in [7, 11) is 0. The van der Waals surface area contributed by atoms with E-state index in [9.17, 15) is 4.79 Å². The molecule has 0 aromatic carbocycles. The third-order valence-electron chi connectivity index (χ3n) is 2.71. The van der Waals surface area contributed by atoms with Gasteiger partial charge >= 0.3 is 5.97 Å². The zero-order valence-electron chi connectivity index (χ0n) is 9.03. The lowest BCUT2D eigenvalue weighted by Crippen LogP contribution is -2.52. The van der Waals surface area contributed by atoms with E-state index >= 15 is 0 Å². The van der Waals surface area contributed by atoms with E-state index in [1.54, 1.807) is 0 Å². The van der Waals surface area contributed by atoms with Gasteiger partial charge in [0.2, 0.25) is 0 Å². The van der Waals surface area contributed by atoms with Gasteiger partial charge in [0.15, 0.2) is 0 Å². The lowest BCUT2D eigenvalue weighted by molar-refractivity contribution is -0.145. The van der Waals surface area contributed by atoms with Crippen LogP contribution in [0.5, 0.6) is 0 Å². The van der Waals surface area contributed by atoms with Crippen molar-refractivity contribution in [1.82, 2.24) is 4.90 Å². The normalized spacial score (nSPS) is 26.0. The SMILES string of the molecule is CCOC(=O)CN(CC)C1CC(N)C1. The molecule has 14 heavy (non-hydrogen) atoms. The third kappa shape index (κ3) is 2.96. The van der Waals surface area contributed by atoms with Gasteiger partial charge in [-0.05, 0) is 26.3 Å². The Morgan fingerprint density at radius 3 is 2.57 bits per heavy atom. The highest BCUT2D eigenvalue weighted by Crippen LogP contribution is 2.23. The van der Waals surface area contributed by atoms with Gasteiger partial charge in [-0.25, -0.2) is 0 Å². The first kappa shape index (κ1) is 11.5. The fourth-order valence-corrected chi connectivity index (χ4v) is 1.80. The standard InChI is InChI=1S/C10H20N2O2/c1-3-12(7-10(13)14-4-2)9-5-8(11)6-9/h8-9H,3-7,11H2,1-2H3. The average molecular weight is 200 g/mol. The summed E-state index contributed by atoms with van der Waals surface area (Å²) in [6.45, 7) is 5.63. The highest BCUT2D eigenvalue weighted by molar-refractivity contribution is 5.71. The first-order valence-corrected chi connectivity index (χ1v) is 5.32. The van der Waals surface area contributed by atoms with E-state index in [0.717, 1.165) is 19.4 Å². The molecule has 4 nitrogen and oxygen atoms in total. The fraction of sp³-hybridized carbons (Fsp3) is 0.900. The fourth-order valence-electron chi connectivity index (χ4n) is 1.80. The van der Waals surface area contributed by atoms with Gasteiger partial charge in [-0.2, -0.15) is 0 Å². The Morgan fingerprint density at radius 2 is 2.14 bits per heavy atom. The molecule has 1 rings (SSSR count). The minimum atomic E-state index is -0.130. The molecule has 0 amide bonds. The maximum Gasteiger partial charge on any atom is 0.320 e. The van der Waals surface area contributed by atoms with Crippen molar-refractivity contribution >= 4 is 5.97 Å². The molecule has 0 aromatic heterocycles. The van der Waals surface area contributed by atoms with Crippen LogP contribution in [0.2, 0.25) is 0 Å². The Labute approximate surface area is 85.4 Å². The van der Waals surface area contributed by atoms with Crippen LogP contribution >= 0.6 is 0 Å². The number of hydrogen-bond donors (Lipinski definition) is 1. The minimum Gasteiger partial charge on any atom is -0.465 e. The summed E-state index contributed by atoms with van der Waals surface area (Å²) in [5.41, 5.74) is 5.71. The van der Waals surface area contributed by atoms with E-state index in [2.05, 4.69) is 11.8 Å². The van der Waals surface area contributed by atoms with Gasteiger partial charge in [0.05, 0.1) is 13.2 Å². The highest BCUT2D eigenvalue weighted by atomic mass is 16.5. The van der Waals surface area contributed by atoms with Crippen molar-refractivity contribution in [3.63, 3.8) is 0 Å². The molecule has 0 bridgehead atoms. The molecule has 1 aliphatic rings. The van der Waals surface area contributed by atoms with E-state index in [1.807, 2.05) is 6.92 Å². The molecule has 82 valence electrons. The van der Waals surface area contributed by atoms with Crippen molar-refractivity contribution in [3.8, 4) is 0 Å². The lowest BCUT2D eigenvalue weighted by Gasteiger charge is -2.40. The monoisotopic (exact) mass is 200 g/mol. The maximum absolute atomic E-state index is 11.2. The van der Waals surface area contributed by atoms with Crippen LogP contribution in [0.15, 0.2) is 0 Å². The van der Waals surface area contributed by atoms with Crippen molar-refractivity contribution in [2.24, 2.45) is 5.73 Å². The second kappa shape index (κ2) is 5.32. The van der Waals surface area contributed by atoms with Crippen LogP contribution < -0.4 is 5.73 Å². The molecule has 0 atom stereocenters. The number of carbonyl (C=O) groups excluding carboxylic acids is 1. The summed E-state index contributed by atoms with van der Waals surface area (Å²) in [5.74, 6) is -0.130. The maximum atomic E-state index is 11.2. The number of carbonyl (C=O) groups is 1. The number of ether oxygens (including phenoxy) is 1. The van der Waals surface area contributed by atoms with Gasteiger partial charge in [0.25, 0.3) is 0 Å². The topological polar surface area (TPSA) is 55.6 Å². The largest absolute Gasteiger partial charge is 0.465 e. The van der Waals surface area contributed by atoms with Crippen LogP contribution in [0.1, 0.15) is 26.7 Å². The van der Waals surface area contributed by atoms with E-state index in [-0.39, 0.29) is 5.97 Å². The molecule has 0 unspecified atom stereocenters. The third-order valence-corrected chi connectivity index (χ3v) is 2.71. The molecular weight excluding hydrogens is 180 g/mol.